The zero-order valence-corrected chi connectivity index (χ0v) is 14.1. The van der Waals surface area contributed by atoms with Gasteiger partial charge in [-0.25, -0.2) is 0 Å². The highest BCUT2D eigenvalue weighted by Gasteiger charge is 2.67. The fraction of sp³-hybridized carbons (Fsp3) is 0.947. The van der Waals surface area contributed by atoms with E-state index in [2.05, 4.69) is 6.92 Å². The molecular weight excluding hydrogens is 292 g/mol. The number of rotatable bonds is 1. The summed E-state index contributed by atoms with van der Waals surface area (Å²) in [4.78, 5) is 12.4. The summed E-state index contributed by atoms with van der Waals surface area (Å²) >= 11 is 0. The number of hydrogen-bond acceptors (Lipinski definition) is 4. The van der Waals surface area contributed by atoms with E-state index in [1.807, 2.05) is 0 Å². The summed E-state index contributed by atoms with van der Waals surface area (Å²) in [5.41, 5.74) is -1.89. The van der Waals surface area contributed by atoms with Gasteiger partial charge in [0.05, 0.1) is 18.3 Å². The first-order valence-corrected chi connectivity index (χ1v) is 9.44. The molecule has 0 aromatic heterocycles. The van der Waals surface area contributed by atoms with Crippen LogP contribution in [0.4, 0.5) is 0 Å². The molecule has 7 atom stereocenters. The second-order valence-electron chi connectivity index (χ2n) is 8.98. The van der Waals surface area contributed by atoms with Gasteiger partial charge in [0, 0.05) is 17.3 Å². The quantitative estimate of drug-likeness (QED) is 0.690. The lowest BCUT2D eigenvalue weighted by Gasteiger charge is -2.64. The predicted molar refractivity (Wildman–Crippen MR) is 85.6 cm³/mol. The van der Waals surface area contributed by atoms with Crippen LogP contribution in [0.15, 0.2) is 0 Å². The first kappa shape index (κ1) is 16.0. The summed E-state index contributed by atoms with van der Waals surface area (Å²) in [6.45, 7) is 2.10. The van der Waals surface area contributed by atoms with Gasteiger partial charge in [0.25, 0.3) is 0 Å². The normalized spacial score (nSPS) is 55.9. The van der Waals surface area contributed by atoms with Crippen molar-refractivity contribution in [3.8, 4) is 0 Å². The van der Waals surface area contributed by atoms with Gasteiger partial charge >= 0.3 is 0 Å². The Morgan fingerprint density at radius 3 is 2.61 bits per heavy atom. The standard InChI is InChI=1S/C19H30O4/c1-17-9-7-14-12(13(17)4-5-15(17)21)6-10-19(23)16(22)3-2-8-18(14,19)11-20/h12-14,16,20,22-23H,2-11H2,1H3/t12-,13-,14-,16+,17-,18-,19-/m0/s1. The zero-order chi connectivity index (χ0) is 16.5. The maximum Gasteiger partial charge on any atom is 0.139 e. The van der Waals surface area contributed by atoms with Crippen LogP contribution >= 0.6 is 0 Å². The summed E-state index contributed by atoms with van der Waals surface area (Å²) < 4.78 is 0. The Morgan fingerprint density at radius 2 is 1.87 bits per heavy atom. The van der Waals surface area contributed by atoms with E-state index >= 15 is 0 Å². The molecule has 0 aliphatic heterocycles. The average molecular weight is 322 g/mol. The van der Waals surface area contributed by atoms with Gasteiger partial charge in [-0.2, -0.15) is 0 Å². The minimum Gasteiger partial charge on any atom is -0.396 e. The van der Waals surface area contributed by atoms with Crippen LogP contribution in [0.5, 0.6) is 0 Å². The van der Waals surface area contributed by atoms with Crippen LogP contribution in [0.3, 0.4) is 0 Å². The topological polar surface area (TPSA) is 77.8 Å². The minimum absolute atomic E-state index is 0.0426. The Labute approximate surface area is 138 Å². The lowest BCUT2D eigenvalue weighted by molar-refractivity contribution is -0.261. The molecule has 0 radical (unpaired) electrons. The number of aliphatic hydroxyl groups is 3. The van der Waals surface area contributed by atoms with E-state index in [4.69, 9.17) is 0 Å². The van der Waals surface area contributed by atoms with E-state index in [0.29, 0.717) is 36.9 Å². The van der Waals surface area contributed by atoms with Crippen LogP contribution in [-0.2, 0) is 4.79 Å². The van der Waals surface area contributed by atoms with Crippen molar-refractivity contribution in [2.45, 2.75) is 76.4 Å². The second-order valence-corrected chi connectivity index (χ2v) is 8.98. The largest absolute Gasteiger partial charge is 0.396 e. The molecule has 4 aliphatic rings. The molecule has 23 heavy (non-hydrogen) atoms. The number of ketones is 1. The number of aliphatic hydroxyl groups excluding tert-OH is 2. The van der Waals surface area contributed by atoms with Gasteiger partial charge in [-0.15, -0.1) is 0 Å². The molecule has 0 spiro atoms. The molecular formula is C19H30O4. The lowest BCUT2D eigenvalue weighted by Crippen LogP contribution is -2.68. The molecule has 0 bridgehead atoms. The van der Waals surface area contributed by atoms with Crippen molar-refractivity contribution in [3.63, 3.8) is 0 Å². The molecule has 4 aliphatic carbocycles. The van der Waals surface area contributed by atoms with Crippen molar-refractivity contribution < 1.29 is 20.1 Å². The maximum atomic E-state index is 12.4. The number of Topliss-reactive ketones (excluding diaryl/α,β-unsaturated/α-hetero) is 1. The van der Waals surface area contributed by atoms with E-state index in [1.165, 1.54) is 0 Å². The Morgan fingerprint density at radius 1 is 1.09 bits per heavy atom. The molecule has 4 fully saturated rings. The highest BCUT2D eigenvalue weighted by Crippen LogP contribution is 2.66. The van der Waals surface area contributed by atoms with Crippen LogP contribution < -0.4 is 0 Å². The van der Waals surface area contributed by atoms with Crippen LogP contribution in [0, 0.1) is 28.6 Å². The van der Waals surface area contributed by atoms with Gasteiger partial charge in [-0.1, -0.05) is 13.3 Å². The van der Waals surface area contributed by atoms with Crippen molar-refractivity contribution in [2.75, 3.05) is 6.61 Å². The maximum absolute atomic E-state index is 12.4. The van der Waals surface area contributed by atoms with Gasteiger partial charge in [0.1, 0.15) is 5.78 Å². The SMILES string of the molecule is C[C@]12CC[C@H]3[C@@H](CC[C@]4(O)[C@H](O)CCC[C@]34CO)[C@@H]1CCC2=O. The van der Waals surface area contributed by atoms with Crippen molar-refractivity contribution in [2.24, 2.45) is 28.6 Å². The van der Waals surface area contributed by atoms with Crippen LogP contribution in [-0.4, -0.2) is 39.4 Å². The van der Waals surface area contributed by atoms with Crippen molar-refractivity contribution in [3.05, 3.63) is 0 Å². The van der Waals surface area contributed by atoms with E-state index in [1.54, 1.807) is 0 Å². The fourth-order valence-corrected chi connectivity index (χ4v) is 7.19. The van der Waals surface area contributed by atoms with Crippen LogP contribution in [0.2, 0.25) is 0 Å². The van der Waals surface area contributed by atoms with E-state index in [9.17, 15) is 20.1 Å². The Bertz CT molecular complexity index is 519. The number of carbonyl (C=O) groups excluding carboxylic acids is 1. The third-order valence-corrected chi connectivity index (χ3v) is 8.51. The Hall–Kier alpha value is -0.450. The Kier molecular flexibility index (Phi) is 3.51. The molecule has 130 valence electrons. The molecule has 3 N–H and O–H groups in total. The van der Waals surface area contributed by atoms with Crippen molar-refractivity contribution in [1.29, 1.82) is 0 Å². The summed E-state index contributed by atoms with van der Waals surface area (Å²) in [7, 11) is 0. The summed E-state index contributed by atoms with van der Waals surface area (Å²) in [6, 6.07) is 0. The molecule has 0 unspecified atom stereocenters. The van der Waals surface area contributed by atoms with Crippen molar-refractivity contribution >= 4 is 5.78 Å². The van der Waals surface area contributed by atoms with Crippen LogP contribution in [0.1, 0.15) is 64.7 Å². The van der Waals surface area contributed by atoms with Gasteiger partial charge in [-0.05, 0) is 62.7 Å². The fourth-order valence-electron chi connectivity index (χ4n) is 7.19. The van der Waals surface area contributed by atoms with Crippen LogP contribution in [0.25, 0.3) is 0 Å². The van der Waals surface area contributed by atoms with E-state index in [-0.39, 0.29) is 17.9 Å². The molecule has 4 rings (SSSR count). The summed E-state index contributed by atoms with van der Waals surface area (Å²) in [5.74, 6) is 1.48. The Balaban J connectivity index is 1.73. The lowest BCUT2D eigenvalue weighted by atomic mass is 9.43. The summed E-state index contributed by atoms with van der Waals surface area (Å²) in [5, 5.41) is 32.2. The zero-order valence-electron chi connectivity index (χ0n) is 14.1. The van der Waals surface area contributed by atoms with Gasteiger partial charge < -0.3 is 15.3 Å². The number of fused-ring (bicyclic) bond motifs is 5. The number of carbonyl (C=O) groups is 1. The molecule has 0 aromatic carbocycles. The highest BCUT2D eigenvalue weighted by atomic mass is 16.3. The molecule has 0 aromatic rings. The first-order chi connectivity index (χ1) is 10.9. The summed E-state index contributed by atoms with van der Waals surface area (Å²) in [6.07, 6.45) is 6.48. The number of hydrogen-bond donors (Lipinski definition) is 3. The monoisotopic (exact) mass is 322 g/mol. The third-order valence-electron chi connectivity index (χ3n) is 8.51. The van der Waals surface area contributed by atoms with E-state index in [0.717, 1.165) is 38.5 Å². The first-order valence-electron chi connectivity index (χ1n) is 9.44. The average Bonchev–Trinajstić information content (AvgIpc) is 2.84. The molecule has 4 nitrogen and oxygen atoms in total. The van der Waals surface area contributed by atoms with Crippen molar-refractivity contribution in [1.82, 2.24) is 0 Å². The molecule has 4 saturated carbocycles. The second kappa shape index (κ2) is 5.03. The minimum atomic E-state index is -1.14. The molecule has 0 amide bonds. The van der Waals surface area contributed by atoms with Gasteiger partial charge in [0.15, 0.2) is 0 Å². The highest BCUT2D eigenvalue weighted by molar-refractivity contribution is 5.87. The molecule has 4 heteroatoms. The van der Waals surface area contributed by atoms with E-state index < -0.39 is 17.1 Å². The van der Waals surface area contributed by atoms with Gasteiger partial charge in [0.2, 0.25) is 0 Å². The van der Waals surface area contributed by atoms with Gasteiger partial charge in [-0.3, -0.25) is 4.79 Å². The smallest absolute Gasteiger partial charge is 0.139 e. The molecule has 0 saturated heterocycles. The predicted octanol–water partition coefficient (Wildman–Crippen LogP) is 2.05. The molecule has 0 heterocycles. The third kappa shape index (κ3) is 1.81.